The number of anilines is 1. The Bertz CT molecular complexity index is 388. The van der Waals surface area contributed by atoms with Gasteiger partial charge in [0.25, 0.3) is 0 Å². The average molecular weight is 248 g/mol. The summed E-state index contributed by atoms with van der Waals surface area (Å²) >= 11 is 0. The molecule has 0 fully saturated rings. The van der Waals surface area contributed by atoms with Crippen molar-refractivity contribution < 1.29 is 4.79 Å². The van der Waals surface area contributed by atoms with E-state index in [0.29, 0.717) is 18.9 Å². The van der Waals surface area contributed by atoms with Crippen molar-refractivity contribution in [1.29, 1.82) is 0 Å². The third-order valence-electron chi connectivity index (χ3n) is 2.91. The highest BCUT2D eigenvalue weighted by atomic mass is 16.1. The van der Waals surface area contributed by atoms with Crippen LogP contribution >= 0.6 is 0 Å². The number of aryl methyl sites for hydroxylation is 1. The molecule has 18 heavy (non-hydrogen) atoms. The number of hydrogen-bond donors (Lipinski definition) is 2. The Labute approximate surface area is 110 Å². The van der Waals surface area contributed by atoms with E-state index >= 15 is 0 Å². The van der Waals surface area contributed by atoms with Crippen molar-refractivity contribution in [3.8, 4) is 0 Å². The second-order valence-corrected chi connectivity index (χ2v) is 5.35. The van der Waals surface area contributed by atoms with Crippen molar-refractivity contribution in [1.82, 2.24) is 0 Å². The summed E-state index contributed by atoms with van der Waals surface area (Å²) in [6.45, 7) is 6.89. The van der Waals surface area contributed by atoms with Crippen molar-refractivity contribution in [2.45, 2.75) is 33.6 Å². The number of hydrogen-bond acceptors (Lipinski definition) is 2. The molecule has 0 radical (unpaired) electrons. The van der Waals surface area contributed by atoms with Crippen LogP contribution in [0.4, 0.5) is 5.69 Å². The van der Waals surface area contributed by atoms with E-state index in [9.17, 15) is 4.79 Å². The number of carbonyl (C=O) groups is 1. The van der Waals surface area contributed by atoms with E-state index in [-0.39, 0.29) is 11.8 Å². The van der Waals surface area contributed by atoms with Crippen LogP contribution in [0.2, 0.25) is 0 Å². The molecule has 0 aliphatic carbocycles. The lowest BCUT2D eigenvalue weighted by Gasteiger charge is -2.16. The van der Waals surface area contributed by atoms with Gasteiger partial charge in [0.2, 0.25) is 5.91 Å². The molecule has 0 spiro atoms. The largest absolute Gasteiger partial charge is 0.330 e. The predicted octanol–water partition coefficient (Wildman–Crippen LogP) is 2.94. The highest BCUT2D eigenvalue weighted by Gasteiger charge is 2.14. The van der Waals surface area contributed by atoms with Crippen LogP contribution < -0.4 is 11.1 Å². The minimum absolute atomic E-state index is 0.0525. The van der Waals surface area contributed by atoms with Crippen LogP contribution in [0.5, 0.6) is 0 Å². The predicted molar refractivity (Wildman–Crippen MR) is 76.4 cm³/mol. The Morgan fingerprint density at radius 2 is 2.11 bits per heavy atom. The number of carbonyl (C=O) groups excluding carboxylic acids is 1. The van der Waals surface area contributed by atoms with Crippen LogP contribution in [0.15, 0.2) is 24.3 Å². The molecular formula is C15H24N2O. The van der Waals surface area contributed by atoms with Crippen LogP contribution in [0, 0.1) is 18.8 Å². The SMILES string of the molecule is Cc1cccc(NC(=O)C[C@@H](CN)CC(C)C)c1. The zero-order valence-electron chi connectivity index (χ0n) is 11.6. The lowest BCUT2D eigenvalue weighted by atomic mass is 9.94. The van der Waals surface area contributed by atoms with E-state index in [4.69, 9.17) is 5.73 Å². The monoisotopic (exact) mass is 248 g/mol. The van der Waals surface area contributed by atoms with E-state index in [2.05, 4.69) is 19.2 Å². The molecule has 0 aliphatic heterocycles. The van der Waals surface area contributed by atoms with E-state index in [1.165, 1.54) is 0 Å². The molecule has 0 unspecified atom stereocenters. The Morgan fingerprint density at radius 1 is 1.39 bits per heavy atom. The van der Waals surface area contributed by atoms with E-state index < -0.39 is 0 Å². The minimum Gasteiger partial charge on any atom is -0.330 e. The van der Waals surface area contributed by atoms with Gasteiger partial charge in [0, 0.05) is 12.1 Å². The van der Waals surface area contributed by atoms with E-state index in [1.807, 2.05) is 31.2 Å². The topological polar surface area (TPSA) is 55.1 Å². The molecule has 0 bridgehead atoms. The maximum atomic E-state index is 11.9. The molecule has 1 aromatic carbocycles. The van der Waals surface area contributed by atoms with Gasteiger partial charge in [0.1, 0.15) is 0 Å². The number of nitrogens with one attached hydrogen (secondary N) is 1. The van der Waals surface area contributed by atoms with Gasteiger partial charge >= 0.3 is 0 Å². The fourth-order valence-corrected chi connectivity index (χ4v) is 2.13. The van der Waals surface area contributed by atoms with Crippen LogP contribution in [0.25, 0.3) is 0 Å². The van der Waals surface area contributed by atoms with Crippen molar-refractivity contribution in [2.24, 2.45) is 17.6 Å². The van der Waals surface area contributed by atoms with E-state index in [0.717, 1.165) is 17.7 Å². The van der Waals surface area contributed by atoms with Crippen LogP contribution in [-0.4, -0.2) is 12.5 Å². The molecule has 1 aromatic rings. The lowest BCUT2D eigenvalue weighted by Crippen LogP contribution is -2.23. The lowest BCUT2D eigenvalue weighted by molar-refractivity contribution is -0.117. The van der Waals surface area contributed by atoms with Gasteiger partial charge in [-0.05, 0) is 49.4 Å². The first-order valence-electron chi connectivity index (χ1n) is 6.57. The third-order valence-corrected chi connectivity index (χ3v) is 2.91. The quantitative estimate of drug-likeness (QED) is 0.813. The van der Waals surface area contributed by atoms with Gasteiger partial charge in [-0.25, -0.2) is 0 Å². The van der Waals surface area contributed by atoms with Gasteiger partial charge in [-0.1, -0.05) is 26.0 Å². The highest BCUT2D eigenvalue weighted by Crippen LogP contribution is 2.16. The Kier molecular flexibility index (Phi) is 5.86. The van der Waals surface area contributed by atoms with Gasteiger partial charge in [0.15, 0.2) is 0 Å². The number of rotatable bonds is 6. The van der Waals surface area contributed by atoms with Crippen molar-refractivity contribution in [3.05, 3.63) is 29.8 Å². The summed E-state index contributed by atoms with van der Waals surface area (Å²) in [6.07, 6.45) is 1.50. The third kappa shape index (κ3) is 5.32. The van der Waals surface area contributed by atoms with Crippen LogP contribution in [0.3, 0.4) is 0 Å². The average Bonchev–Trinajstić information content (AvgIpc) is 2.27. The molecule has 0 heterocycles. The highest BCUT2D eigenvalue weighted by molar-refractivity contribution is 5.90. The second-order valence-electron chi connectivity index (χ2n) is 5.35. The number of nitrogens with two attached hydrogens (primary N) is 1. The molecule has 1 amide bonds. The summed E-state index contributed by atoms with van der Waals surface area (Å²) in [4.78, 5) is 11.9. The maximum Gasteiger partial charge on any atom is 0.224 e. The van der Waals surface area contributed by atoms with Crippen molar-refractivity contribution in [2.75, 3.05) is 11.9 Å². The van der Waals surface area contributed by atoms with Crippen LogP contribution in [-0.2, 0) is 4.79 Å². The summed E-state index contributed by atoms with van der Waals surface area (Å²) in [5.41, 5.74) is 7.71. The first kappa shape index (κ1) is 14.7. The van der Waals surface area contributed by atoms with Crippen LogP contribution in [0.1, 0.15) is 32.3 Å². The molecule has 3 N–H and O–H groups in total. The van der Waals surface area contributed by atoms with Gasteiger partial charge in [-0.15, -0.1) is 0 Å². The van der Waals surface area contributed by atoms with Crippen molar-refractivity contribution >= 4 is 11.6 Å². The molecule has 1 rings (SSSR count). The molecule has 3 nitrogen and oxygen atoms in total. The van der Waals surface area contributed by atoms with E-state index in [1.54, 1.807) is 0 Å². The normalized spacial score (nSPS) is 12.5. The standard InChI is InChI=1S/C15H24N2O/c1-11(2)7-13(10-16)9-15(18)17-14-6-4-5-12(3)8-14/h4-6,8,11,13H,7,9-10,16H2,1-3H3,(H,17,18)/t13-/m0/s1. The van der Waals surface area contributed by atoms with Gasteiger partial charge < -0.3 is 11.1 Å². The Morgan fingerprint density at radius 3 is 2.67 bits per heavy atom. The molecule has 100 valence electrons. The second kappa shape index (κ2) is 7.17. The molecule has 0 saturated heterocycles. The Hall–Kier alpha value is -1.35. The molecule has 1 atom stereocenters. The zero-order valence-corrected chi connectivity index (χ0v) is 11.6. The van der Waals surface area contributed by atoms with Gasteiger partial charge in [-0.3, -0.25) is 4.79 Å². The molecule has 3 heteroatoms. The first-order chi connectivity index (χ1) is 8.51. The van der Waals surface area contributed by atoms with Gasteiger partial charge in [0.05, 0.1) is 0 Å². The molecule has 0 aromatic heterocycles. The summed E-state index contributed by atoms with van der Waals surface area (Å²) in [5, 5.41) is 2.93. The fraction of sp³-hybridized carbons (Fsp3) is 0.533. The number of benzene rings is 1. The summed E-state index contributed by atoms with van der Waals surface area (Å²) in [5.74, 6) is 0.900. The smallest absolute Gasteiger partial charge is 0.224 e. The summed E-state index contributed by atoms with van der Waals surface area (Å²) in [6, 6.07) is 7.83. The summed E-state index contributed by atoms with van der Waals surface area (Å²) < 4.78 is 0. The molecule has 0 saturated carbocycles. The number of amides is 1. The zero-order chi connectivity index (χ0) is 13.5. The maximum absolute atomic E-state index is 11.9. The molecular weight excluding hydrogens is 224 g/mol. The Balaban J connectivity index is 2.50. The van der Waals surface area contributed by atoms with Crippen molar-refractivity contribution in [3.63, 3.8) is 0 Å². The minimum atomic E-state index is 0.0525. The fourth-order valence-electron chi connectivity index (χ4n) is 2.13. The first-order valence-corrected chi connectivity index (χ1v) is 6.57. The molecule has 0 aliphatic rings. The van der Waals surface area contributed by atoms with Gasteiger partial charge in [-0.2, -0.15) is 0 Å². The summed E-state index contributed by atoms with van der Waals surface area (Å²) in [7, 11) is 0.